The van der Waals surface area contributed by atoms with E-state index in [1.54, 1.807) is 72.8 Å². The number of aromatic nitrogens is 1. The molecule has 0 aliphatic heterocycles. The second-order valence-electron chi connectivity index (χ2n) is 10.1. The van der Waals surface area contributed by atoms with Crippen LogP contribution < -0.4 is 16.2 Å². The molecule has 0 spiro atoms. The van der Waals surface area contributed by atoms with Crippen molar-refractivity contribution in [3.63, 3.8) is 0 Å². The zero-order chi connectivity index (χ0) is 33.3. The van der Waals surface area contributed by atoms with E-state index < -0.39 is 48.4 Å². The molecule has 3 N–H and O–H groups in total. The number of carbonyl (C=O) groups is 3. The van der Waals surface area contributed by atoms with E-state index in [0.717, 1.165) is 4.57 Å². The lowest BCUT2D eigenvalue weighted by molar-refractivity contribution is -0.212. The van der Waals surface area contributed by atoms with Crippen molar-refractivity contribution in [1.82, 2.24) is 9.88 Å². The van der Waals surface area contributed by atoms with Gasteiger partial charge in [0.05, 0.1) is 24.4 Å². The molecule has 240 valence electrons. The highest BCUT2D eigenvalue weighted by molar-refractivity contribution is 5.89. The third-order valence-corrected chi connectivity index (χ3v) is 6.89. The van der Waals surface area contributed by atoms with Gasteiger partial charge in [-0.2, -0.15) is 13.2 Å². The van der Waals surface area contributed by atoms with E-state index in [2.05, 4.69) is 15.4 Å². The van der Waals surface area contributed by atoms with Gasteiger partial charge in [0.25, 0.3) is 5.56 Å². The number of alkyl halides is 3. The SMILES string of the molecule is COC(=O)c1ccc(COC(=O)Nc2ccc(-c3ccccc3)n(CC(=O)NC(Cc3ccccc3)C(O)C(F)(F)F)c2=O)cc1. The van der Waals surface area contributed by atoms with E-state index in [9.17, 15) is 37.5 Å². The molecule has 0 aliphatic rings. The zero-order valence-electron chi connectivity index (χ0n) is 24.5. The van der Waals surface area contributed by atoms with Crippen molar-refractivity contribution in [2.45, 2.75) is 37.9 Å². The molecule has 4 aromatic rings. The molecule has 0 saturated heterocycles. The van der Waals surface area contributed by atoms with Gasteiger partial charge in [0, 0.05) is 0 Å². The van der Waals surface area contributed by atoms with Crippen LogP contribution in [-0.2, 0) is 33.8 Å². The fraction of sp³-hybridized carbons (Fsp3) is 0.212. The van der Waals surface area contributed by atoms with E-state index in [1.165, 1.54) is 31.4 Å². The fourth-order valence-electron chi connectivity index (χ4n) is 4.58. The second-order valence-corrected chi connectivity index (χ2v) is 10.1. The summed E-state index contributed by atoms with van der Waals surface area (Å²) in [6.45, 7) is -0.924. The number of nitrogens with zero attached hydrogens (tertiary/aromatic N) is 1. The first-order valence-electron chi connectivity index (χ1n) is 13.9. The molecule has 0 fully saturated rings. The van der Waals surface area contributed by atoms with Gasteiger partial charge in [-0.3, -0.25) is 19.5 Å². The molecule has 13 heteroatoms. The number of carbonyl (C=O) groups excluding carboxylic acids is 3. The predicted molar refractivity (Wildman–Crippen MR) is 162 cm³/mol. The summed E-state index contributed by atoms with van der Waals surface area (Å²) in [6, 6.07) is 23.6. The molecule has 10 nitrogen and oxygen atoms in total. The molecule has 3 aromatic carbocycles. The maximum absolute atomic E-state index is 13.5. The first kappa shape index (κ1) is 33.5. The maximum atomic E-state index is 13.5. The average Bonchev–Trinajstić information content (AvgIpc) is 3.05. The molecule has 0 radical (unpaired) electrons. The van der Waals surface area contributed by atoms with Crippen LogP contribution in [0.4, 0.5) is 23.7 Å². The van der Waals surface area contributed by atoms with Gasteiger partial charge in [0.15, 0.2) is 6.10 Å². The molecule has 0 saturated carbocycles. The van der Waals surface area contributed by atoms with Gasteiger partial charge in [-0.15, -0.1) is 0 Å². The highest BCUT2D eigenvalue weighted by Crippen LogP contribution is 2.25. The minimum atomic E-state index is -5.02. The molecule has 46 heavy (non-hydrogen) atoms. The number of amides is 2. The van der Waals surface area contributed by atoms with Crippen molar-refractivity contribution < 1.29 is 42.1 Å². The summed E-state index contributed by atoms with van der Waals surface area (Å²) in [7, 11) is 1.25. The van der Waals surface area contributed by atoms with Crippen molar-refractivity contribution in [1.29, 1.82) is 0 Å². The van der Waals surface area contributed by atoms with Gasteiger partial charge in [0.2, 0.25) is 5.91 Å². The molecule has 2 amide bonds. The van der Waals surface area contributed by atoms with Gasteiger partial charge in [-0.25, -0.2) is 9.59 Å². The van der Waals surface area contributed by atoms with Crippen LogP contribution in [-0.4, -0.2) is 53.1 Å². The first-order chi connectivity index (χ1) is 22.0. The van der Waals surface area contributed by atoms with Crippen LogP contribution in [0.25, 0.3) is 11.3 Å². The van der Waals surface area contributed by atoms with E-state index in [-0.39, 0.29) is 24.4 Å². The topological polar surface area (TPSA) is 136 Å². The summed E-state index contributed by atoms with van der Waals surface area (Å²) in [5.41, 5.74) is 0.985. The van der Waals surface area contributed by atoms with Gasteiger partial charge >= 0.3 is 18.2 Å². The number of hydrogen-bond donors (Lipinski definition) is 3. The lowest BCUT2D eigenvalue weighted by Crippen LogP contribution is -2.52. The zero-order valence-corrected chi connectivity index (χ0v) is 24.5. The lowest BCUT2D eigenvalue weighted by Gasteiger charge is -2.26. The highest BCUT2D eigenvalue weighted by Gasteiger charge is 2.44. The number of nitrogens with one attached hydrogen (secondary N) is 2. The maximum Gasteiger partial charge on any atom is 0.416 e. The van der Waals surface area contributed by atoms with Crippen molar-refractivity contribution in [3.05, 3.63) is 124 Å². The molecule has 2 atom stereocenters. The fourth-order valence-corrected chi connectivity index (χ4v) is 4.58. The standard InChI is InChI=1S/C33H30F3N3O7/c1-45-31(43)24-14-12-22(13-15-24)20-46-32(44)38-25-16-17-27(23-10-6-3-7-11-23)39(30(25)42)19-28(40)37-26(29(41)33(34,35)36)18-21-8-4-2-5-9-21/h2-17,26,29,41H,18-20H2,1H3,(H,37,40)(H,38,44). The molecule has 0 aliphatic carbocycles. The quantitative estimate of drug-likeness (QED) is 0.203. The minimum absolute atomic E-state index is 0.198. The second kappa shape index (κ2) is 15.0. The summed E-state index contributed by atoms with van der Waals surface area (Å²) in [5.74, 6) is -1.50. The monoisotopic (exact) mass is 637 g/mol. The first-order valence-corrected chi connectivity index (χ1v) is 13.9. The Kier molecular flexibility index (Phi) is 10.9. The number of methoxy groups -OCH3 is 1. The lowest BCUT2D eigenvalue weighted by atomic mass is 10.0. The number of anilines is 1. The number of ether oxygens (including phenoxy) is 2. The number of halogens is 3. The Morgan fingerprint density at radius 3 is 2.11 bits per heavy atom. The molecule has 2 unspecified atom stereocenters. The molecule has 4 rings (SSSR count). The van der Waals surface area contributed by atoms with Gasteiger partial charge in [-0.1, -0.05) is 72.8 Å². The van der Waals surface area contributed by atoms with Gasteiger partial charge < -0.3 is 19.9 Å². The van der Waals surface area contributed by atoms with Gasteiger partial charge in [-0.05, 0) is 47.4 Å². The molecule has 1 heterocycles. The summed E-state index contributed by atoms with van der Waals surface area (Å²) in [6.07, 6.45) is -9.21. The number of aliphatic hydroxyl groups excluding tert-OH is 1. The Balaban J connectivity index is 1.54. The van der Waals surface area contributed by atoms with Crippen molar-refractivity contribution in [2.75, 3.05) is 12.4 Å². The Hall–Kier alpha value is -5.43. The minimum Gasteiger partial charge on any atom is -0.465 e. The summed E-state index contributed by atoms with van der Waals surface area (Å²) in [5, 5.41) is 14.6. The van der Waals surface area contributed by atoms with Crippen LogP contribution in [0.3, 0.4) is 0 Å². The summed E-state index contributed by atoms with van der Waals surface area (Å²) < 4.78 is 51.4. The average molecular weight is 638 g/mol. The normalized spacial score (nSPS) is 12.5. The van der Waals surface area contributed by atoms with Crippen molar-refractivity contribution in [2.24, 2.45) is 0 Å². The Morgan fingerprint density at radius 2 is 1.50 bits per heavy atom. The third-order valence-electron chi connectivity index (χ3n) is 6.89. The van der Waals surface area contributed by atoms with E-state index >= 15 is 0 Å². The Labute approximate surface area is 261 Å². The van der Waals surface area contributed by atoms with E-state index in [1.807, 2.05) is 0 Å². The van der Waals surface area contributed by atoms with E-state index in [4.69, 9.17) is 4.74 Å². The van der Waals surface area contributed by atoms with Crippen LogP contribution in [0.15, 0.2) is 102 Å². The van der Waals surface area contributed by atoms with Crippen LogP contribution >= 0.6 is 0 Å². The number of pyridine rings is 1. The third kappa shape index (κ3) is 8.82. The van der Waals surface area contributed by atoms with Crippen LogP contribution in [0.5, 0.6) is 0 Å². The Bertz CT molecular complexity index is 1710. The number of benzene rings is 3. The number of hydrogen-bond acceptors (Lipinski definition) is 7. The summed E-state index contributed by atoms with van der Waals surface area (Å²) in [4.78, 5) is 50.9. The highest BCUT2D eigenvalue weighted by atomic mass is 19.4. The largest absolute Gasteiger partial charge is 0.465 e. The molecule has 1 aromatic heterocycles. The predicted octanol–water partition coefficient (Wildman–Crippen LogP) is 4.70. The number of esters is 1. The van der Waals surface area contributed by atoms with Gasteiger partial charge in [0.1, 0.15) is 18.8 Å². The Morgan fingerprint density at radius 1 is 0.870 bits per heavy atom. The number of aliphatic hydroxyl groups is 1. The van der Waals surface area contributed by atoms with Crippen LogP contribution in [0.2, 0.25) is 0 Å². The van der Waals surface area contributed by atoms with Crippen LogP contribution in [0, 0.1) is 0 Å². The van der Waals surface area contributed by atoms with E-state index in [0.29, 0.717) is 22.3 Å². The molecular weight excluding hydrogens is 607 g/mol. The smallest absolute Gasteiger partial charge is 0.416 e. The van der Waals surface area contributed by atoms with Crippen molar-refractivity contribution >= 4 is 23.7 Å². The molecule has 0 bridgehead atoms. The van der Waals surface area contributed by atoms with Crippen molar-refractivity contribution in [3.8, 4) is 11.3 Å². The number of rotatable bonds is 11. The summed E-state index contributed by atoms with van der Waals surface area (Å²) >= 11 is 0. The van der Waals surface area contributed by atoms with Crippen LogP contribution in [0.1, 0.15) is 21.5 Å². The molecular formula is C33H30F3N3O7.